The van der Waals surface area contributed by atoms with Crippen LogP contribution in [0.5, 0.6) is 0 Å². The Labute approximate surface area is 180 Å². The third kappa shape index (κ3) is 2.70. The summed E-state index contributed by atoms with van der Waals surface area (Å²) in [4.78, 5) is 30.2. The first-order valence-corrected chi connectivity index (χ1v) is 11.3. The molecule has 1 N–H and O–H groups in total. The average molecular weight is 425 g/mol. The molecule has 4 aliphatic rings. The number of hydrogen-bond acceptors (Lipinski definition) is 5. The summed E-state index contributed by atoms with van der Waals surface area (Å²) in [6, 6.07) is 7.74. The molecular weight excluding hydrogens is 396 g/mol. The third-order valence-corrected chi connectivity index (χ3v) is 8.02. The zero-order valence-corrected chi connectivity index (χ0v) is 17.7. The van der Waals surface area contributed by atoms with Crippen molar-refractivity contribution in [2.45, 2.75) is 31.0 Å². The number of aromatic nitrogens is 2. The molecule has 164 valence electrons. The number of amides is 2. The van der Waals surface area contributed by atoms with E-state index in [-0.39, 0.29) is 42.3 Å². The van der Waals surface area contributed by atoms with Gasteiger partial charge in [0.15, 0.2) is 5.69 Å². The van der Waals surface area contributed by atoms with Crippen molar-refractivity contribution in [2.75, 3.05) is 32.8 Å². The number of hydrogen-bond donors (Lipinski definition) is 1. The lowest BCUT2D eigenvalue weighted by atomic mass is 9.83. The summed E-state index contributed by atoms with van der Waals surface area (Å²) in [6.07, 6.45) is 2.86. The molecule has 1 aromatic carbocycles. The number of carbonyl (C=O) groups is 2. The molecule has 6 rings (SSSR count). The fourth-order valence-electron chi connectivity index (χ4n) is 6.19. The Hall–Kier alpha value is -2.45. The van der Waals surface area contributed by atoms with Crippen LogP contribution in [-0.4, -0.2) is 81.0 Å². The number of morpholine rings is 1. The predicted octanol–water partition coefficient (Wildman–Crippen LogP) is 1.03. The van der Waals surface area contributed by atoms with E-state index in [0.717, 1.165) is 30.2 Å². The van der Waals surface area contributed by atoms with Gasteiger partial charge in [0.05, 0.1) is 24.7 Å². The molecule has 2 amide bonds. The first-order valence-electron chi connectivity index (χ1n) is 11.3. The highest BCUT2D eigenvalue weighted by molar-refractivity contribution is 6.05. The molecule has 1 spiro atoms. The highest BCUT2D eigenvalue weighted by Gasteiger charge is 2.63. The molecule has 4 atom stereocenters. The number of aliphatic hydroxyl groups excluding tert-OH is 1. The minimum Gasteiger partial charge on any atom is -0.396 e. The first-order chi connectivity index (χ1) is 15.0. The fourth-order valence-corrected chi connectivity index (χ4v) is 6.19. The Balaban J connectivity index is 1.30. The number of aryl methyl sites for hydroxylation is 1. The lowest BCUT2D eigenvalue weighted by molar-refractivity contribution is -0.142. The molecule has 8 heteroatoms. The molecule has 3 saturated heterocycles. The smallest absolute Gasteiger partial charge is 0.275 e. The molecule has 1 aliphatic carbocycles. The summed E-state index contributed by atoms with van der Waals surface area (Å²) in [5.41, 5.74) is 0.786. The SMILES string of the molecule is Cn1nc(C(=O)N2C[C@H]3O[C@]4(C2)CN(C(=O)C2CCC2)C[C@@H]4[C@@H]3CO)c2ccccc21. The number of para-hydroxylation sites is 1. The monoisotopic (exact) mass is 424 g/mol. The second kappa shape index (κ2) is 6.77. The maximum absolute atomic E-state index is 13.6. The minimum atomic E-state index is -0.587. The number of ether oxygens (including phenoxy) is 1. The number of carbonyl (C=O) groups excluding carboxylic acids is 2. The number of likely N-dealkylation sites (tertiary alicyclic amines) is 2. The summed E-state index contributed by atoms with van der Waals surface area (Å²) < 4.78 is 8.20. The largest absolute Gasteiger partial charge is 0.396 e. The molecule has 0 unspecified atom stereocenters. The van der Waals surface area contributed by atoms with Gasteiger partial charge in [0.1, 0.15) is 5.60 Å². The van der Waals surface area contributed by atoms with Crippen LogP contribution < -0.4 is 0 Å². The lowest BCUT2D eigenvalue weighted by Crippen LogP contribution is -2.56. The third-order valence-electron chi connectivity index (χ3n) is 8.02. The fraction of sp³-hybridized carbons (Fsp3) is 0.609. The molecular formula is C23H28N4O4. The topological polar surface area (TPSA) is 87.9 Å². The van der Waals surface area contributed by atoms with Gasteiger partial charge in [-0.25, -0.2) is 0 Å². The van der Waals surface area contributed by atoms with Crippen molar-refractivity contribution >= 4 is 22.7 Å². The van der Waals surface area contributed by atoms with Crippen molar-refractivity contribution in [1.29, 1.82) is 0 Å². The number of fused-ring (bicyclic) bond motifs is 2. The number of rotatable bonds is 3. The second-order valence-electron chi connectivity index (χ2n) is 9.70. The highest BCUT2D eigenvalue weighted by atomic mass is 16.5. The van der Waals surface area contributed by atoms with Gasteiger partial charge in [-0.05, 0) is 18.9 Å². The number of nitrogens with zero attached hydrogens (tertiary/aromatic N) is 4. The number of benzene rings is 1. The predicted molar refractivity (Wildman–Crippen MR) is 112 cm³/mol. The molecule has 1 saturated carbocycles. The Bertz CT molecular complexity index is 1060. The van der Waals surface area contributed by atoms with E-state index in [1.54, 1.807) is 4.68 Å². The molecule has 2 bridgehead atoms. The van der Waals surface area contributed by atoms with Crippen LogP contribution in [-0.2, 0) is 16.6 Å². The summed E-state index contributed by atoms with van der Waals surface area (Å²) in [7, 11) is 1.85. The van der Waals surface area contributed by atoms with Gasteiger partial charge in [0, 0.05) is 49.9 Å². The van der Waals surface area contributed by atoms with Gasteiger partial charge in [-0.15, -0.1) is 0 Å². The zero-order valence-electron chi connectivity index (χ0n) is 17.7. The molecule has 4 heterocycles. The summed E-state index contributed by atoms with van der Waals surface area (Å²) in [5, 5.41) is 15.5. The minimum absolute atomic E-state index is 0.0110. The Kier molecular flexibility index (Phi) is 4.21. The van der Waals surface area contributed by atoms with E-state index in [4.69, 9.17) is 4.74 Å². The van der Waals surface area contributed by atoms with Crippen LogP contribution in [0.1, 0.15) is 29.8 Å². The lowest BCUT2D eigenvalue weighted by Gasteiger charge is -2.40. The molecule has 0 radical (unpaired) electrons. The van der Waals surface area contributed by atoms with Crippen molar-refractivity contribution in [2.24, 2.45) is 24.8 Å². The van der Waals surface area contributed by atoms with Crippen molar-refractivity contribution < 1.29 is 19.4 Å². The van der Waals surface area contributed by atoms with E-state index in [9.17, 15) is 14.7 Å². The molecule has 3 aliphatic heterocycles. The molecule has 4 fully saturated rings. The molecule has 31 heavy (non-hydrogen) atoms. The van der Waals surface area contributed by atoms with Crippen molar-refractivity contribution in [3.63, 3.8) is 0 Å². The van der Waals surface area contributed by atoms with Crippen LogP contribution in [0.4, 0.5) is 0 Å². The maximum Gasteiger partial charge on any atom is 0.275 e. The van der Waals surface area contributed by atoms with Crippen LogP contribution in [0.3, 0.4) is 0 Å². The van der Waals surface area contributed by atoms with Gasteiger partial charge in [-0.2, -0.15) is 5.10 Å². The Morgan fingerprint density at radius 2 is 1.97 bits per heavy atom. The van der Waals surface area contributed by atoms with Gasteiger partial charge < -0.3 is 19.6 Å². The van der Waals surface area contributed by atoms with E-state index < -0.39 is 5.60 Å². The number of aliphatic hydroxyl groups is 1. The van der Waals surface area contributed by atoms with Crippen molar-refractivity contribution in [3.05, 3.63) is 30.0 Å². The van der Waals surface area contributed by atoms with E-state index >= 15 is 0 Å². The van der Waals surface area contributed by atoms with Crippen LogP contribution >= 0.6 is 0 Å². The molecule has 2 aromatic rings. The van der Waals surface area contributed by atoms with Gasteiger partial charge >= 0.3 is 0 Å². The first kappa shape index (κ1) is 19.3. The molecule has 1 aromatic heterocycles. The van der Waals surface area contributed by atoms with Gasteiger partial charge in [0.2, 0.25) is 5.91 Å². The normalized spacial score (nSPS) is 32.4. The van der Waals surface area contributed by atoms with Gasteiger partial charge in [-0.1, -0.05) is 24.6 Å². The molecule has 8 nitrogen and oxygen atoms in total. The summed E-state index contributed by atoms with van der Waals surface area (Å²) in [5.74, 6) is 0.249. The van der Waals surface area contributed by atoms with E-state index in [1.165, 1.54) is 0 Å². The van der Waals surface area contributed by atoms with Crippen molar-refractivity contribution in [1.82, 2.24) is 19.6 Å². The summed E-state index contributed by atoms with van der Waals surface area (Å²) >= 11 is 0. The van der Waals surface area contributed by atoms with Crippen LogP contribution in [0.15, 0.2) is 24.3 Å². The average Bonchev–Trinajstić information content (AvgIpc) is 3.31. The highest BCUT2D eigenvalue weighted by Crippen LogP contribution is 2.50. The Morgan fingerprint density at radius 1 is 1.19 bits per heavy atom. The van der Waals surface area contributed by atoms with Gasteiger partial charge in [0.25, 0.3) is 5.91 Å². The maximum atomic E-state index is 13.6. The zero-order chi connectivity index (χ0) is 21.3. The van der Waals surface area contributed by atoms with Gasteiger partial charge in [-0.3, -0.25) is 14.3 Å². The standard InChI is InChI=1S/C23H28N4O4/c1-25-18-8-3-2-7-15(18)20(24-25)22(30)27-10-19-16(11-28)17-9-26(12-23(17,13-27)31-19)21(29)14-5-4-6-14/h2-3,7-8,14,16-17,19,28H,4-6,9-13H2,1H3/t16-,17+,19+,23-/m0/s1. The quantitative estimate of drug-likeness (QED) is 0.795. The van der Waals surface area contributed by atoms with Crippen LogP contribution in [0.25, 0.3) is 10.9 Å². The van der Waals surface area contributed by atoms with Crippen LogP contribution in [0.2, 0.25) is 0 Å². The van der Waals surface area contributed by atoms with E-state index in [2.05, 4.69) is 5.10 Å². The van der Waals surface area contributed by atoms with Crippen LogP contribution in [0, 0.1) is 17.8 Å². The Morgan fingerprint density at radius 3 is 2.71 bits per heavy atom. The second-order valence-corrected chi connectivity index (χ2v) is 9.70. The summed E-state index contributed by atoms with van der Waals surface area (Å²) in [6.45, 7) is 2.02. The van der Waals surface area contributed by atoms with Crippen molar-refractivity contribution in [3.8, 4) is 0 Å². The van der Waals surface area contributed by atoms with E-state index in [0.29, 0.717) is 31.9 Å². The van der Waals surface area contributed by atoms with E-state index in [1.807, 2.05) is 41.1 Å².